The summed E-state index contributed by atoms with van der Waals surface area (Å²) in [6.45, 7) is 2.90. The molecule has 0 aliphatic heterocycles. The highest BCUT2D eigenvalue weighted by molar-refractivity contribution is 5.95. The molecule has 4 heteroatoms. The summed E-state index contributed by atoms with van der Waals surface area (Å²) in [4.78, 5) is 4.61. The van der Waals surface area contributed by atoms with Crippen LogP contribution in [0.5, 0.6) is 5.75 Å². The number of ether oxygens (including phenoxy) is 1. The molecule has 1 aromatic heterocycles. The van der Waals surface area contributed by atoms with Crippen LogP contribution in [0.3, 0.4) is 0 Å². The van der Waals surface area contributed by atoms with Gasteiger partial charge in [0.15, 0.2) is 0 Å². The average Bonchev–Trinajstić information content (AvgIpc) is 2.52. The zero-order chi connectivity index (χ0) is 15.5. The molecule has 1 saturated carbocycles. The summed E-state index contributed by atoms with van der Waals surface area (Å²) in [5.74, 6) is 1.34. The van der Waals surface area contributed by atoms with Crippen LogP contribution in [0.1, 0.15) is 31.4 Å². The van der Waals surface area contributed by atoms with Crippen molar-refractivity contribution in [2.45, 2.75) is 38.7 Å². The van der Waals surface area contributed by atoms with Gasteiger partial charge in [-0.15, -0.1) is 0 Å². The molecule has 0 saturated heterocycles. The quantitative estimate of drug-likeness (QED) is 0.907. The molecule has 1 aromatic carbocycles. The Labute approximate surface area is 131 Å². The molecule has 1 fully saturated rings. The SMILES string of the molecule is COc1cccc2c(NCC3CCCC(O)C3)cc(C)nc12. The third kappa shape index (κ3) is 3.17. The van der Waals surface area contributed by atoms with E-state index in [0.29, 0.717) is 5.92 Å². The van der Waals surface area contributed by atoms with E-state index in [0.717, 1.165) is 53.8 Å². The molecule has 2 N–H and O–H groups in total. The van der Waals surface area contributed by atoms with Gasteiger partial charge in [-0.1, -0.05) is 18.6 Å². The van der Waals surface area contributed by atoms with Crippen molar-refractivity contribution in [3.63, 3.8) is 0 Å². The second kappa shape index (κ2) is 6.53. The van der Waals surface area contributed by atoms with Crippen LogP contribution < -0.4 is 10.1 Å². The largest absolute Gasteiger partial charge is 0.494 e. The first-order valence-corrected chi connectivity index (χ1v) is 8.03. The second-order valence-corrected chi connectivity index (χ2v) is 6.23. The molecule has 0 bridgehead atoms. The van der Waals surface area contributed by atoms with Crippen LogP contribution in [-0.2, 0) is 0 Å². The molecule has 22 heavy (non-hydrogen) atoms. The summed E-state index contributed by atoms with van der Waals surface area (Å²) in [6, 6.07) is 8.09. The maximum absolute atomic E-state index is 9.81. The van der Waals surface area contributed by atoms with E-state index in [4.69, 9.17) is 4.74 Å². The molecule has 0 spiro atoms. The lowest BCUT2D eigenvalue weighted by Crippen LogP contribution is -2.25. The van der Waals surface area contributed by atoms with Crippen molar-refractivity contribution in [2.75, 3.05) is 19.0 Å². The Kier molecular flexibility index (Phi) is 4.48. The average molecular weight is 300 g/mol. The molecule has 2 unspecified atom stereocenters. The third-order valence-corrected chi connectivity index (χ3v) is 4.49. The first-order chi connectivity index (χ1) is 10.7. The molecule has 1 aliphatic rings. The molecule has 2 atom stereocenters. The van der Waals surface area contributed by atoms with Gasteiger partial charge in [-0.3, -0.25) is 0 Å². The summed E-state index contributed by atoms with van der Waals surface area (Å²) in [6.07, 6.45) is 4.03. The number of hydrogen-bond donors (Lipinski definition) is 2. The van der Waals surface area contributed by atoms with Gasteiger partial charge in [0.2, 0.25) is 0 Å². The van der Waals surface area contributed by atoms with E-state index in [2.05, 4.69) is 22.4 Å². The van der Waals surface area contributed by atoms with E-state index < -0.39 is 0 Å². The number of aromatic nitrogens is 1. The molecule has 4 nitrogen and oxygen atoms in total. The monoisotopic (exact) mass is 300 g/mol. The minimum Gasteiger partial charge on any atom is -0.494 e. The maximum atomic E-state index is 9.81. The first-order valence-electron chi connectivity index (χ1n) is 8.03. The van der Waals surface area contributed by atoms with Gasteiger partial charge >= 0.3 is 0 Å². The van der Waals surface area contributed by atoms with Crippen molar-refractivity contribution in [1.82, 2.24) is 4.98 Å². The van der Waals surface area contributed by atoms with E-state index in [-0.39, 0.29) is 6.10 Å². The number of aliphatic hydroxyl groups is 1. The molecule has 0 amide bonds. The summed E-state index contributed by atoms with van der Waals surface area (Å²) >= 11 is 0. The Morgan fingerprint density at radius 3 is 3.00 bits per heavy atom. The fraction of sp³-hybridized carbons (Fsp3) is 0.500. The van der Waals surface area contributed by atoms with Gasteiger partial charge in [-0.05, 0) is 44.2 Å². The van der Waals surface area contributed by atoms with E-state index in [9.17, 15) is 5.11 Å². The van der Waals surface area contributed by atoms with Crippen LogP contribution in [0.15, 0.2) is 24.3 Å². The van der Waals surface area contributed by atoms with Gasteiger partial charge in [-0.2, -0.15) is 0 Å². The molecule has 1 heterocycles. The molecular formula is C18H24N2O2. The smallest absolute Gasteiger partial charge is 0.145 e. The number of benzene rings is 1. The van der Waals surface area contributed by atoms with E-state index in [1.165, 1.54) is 6.42 Å². The van der Waals surface area contributed by atoms with Crippen molar-refractivity contribution in [2.24, 2.45) is 5.92 Å². The topological polar surface area (TPSA) is 54.4 Å². The lowest BCUT2D eigenvalue weighted by Gasteiger charge is -2.26. The van der Waals surface area contributed by atoms with Gasteiger partial charge in [0.25, 0.3) is 0 Å². The van der Waals surface area contributed by atoms with Crippen LogP contribution >= 0.6 is 0 Å². The van der Waals surface area contributed by atoms with Crippen molar-refractivity contribution in [3.8, 4) is 5.75 Å². The van der Waals surface area contributed by atoms with E-state index in [1.807, 2.05) is 19.1 Å². The number of methoxy groups -OCH3 is 1. The lowest BCUT2D eigenvalue weighted by atomic mass is 9.87. The van der Waals surface area contributed by atoms with Crippen molar-refractivity contribution >= 4 is 16.6 Å². The van der Waals surface area contributed by atoms with Crippen molar-refractivity contribution in [3.05, 3.63) is 30.0 Å². The van der Waals surface area contributed by atoms with Gasteiger partial charge in [0.1, 0.15) is 11.3 Å². The molecule has 1 aliphatic carbocycles. The second-order valence-electron chi connectivity index (χ2n) is 6.23. The minimum absolute atomic E-state index is 0.128. The van der Waals surface area contributed by atoms with Crippen molar-refractivity contribution in [1.29, 1.82) is 0 Å². The zero-order valence-corrected chi connectivity index (χ0v) is 13.3. The van der Waals surface area contributed by atoms with Crippen LogP contribution in [0.25, 0.3) is 10.9 Å². The summed E-state index contributed by atoms with van der Waals surface area (Å²) < 4.78 is 5.42. The van der Waals surface area contributed by atoms with Crippen LogP contribution in [0, 0.1) is 12.8 Å². The highest BCUT2D eigenvalue weighted by atomic mass is 16.5. The Bertz CT molecular complexity index is 657. The number of anilines is 1. The molecule has 118 valence electrons. The number of hydrogen-bond acceptors (Lipinski definition) is 4. The standard InChI is InChI=1S/C18H24N2O2/c1-12-9-16(19-11-13-5-3-6-14(21)10-13)15-7-4-8-17(22-2)18(15)20-12/h4,7-9,13-14,21H,3,5-6,10-11H2,1-2H3,(H,19,20). The van der Waals surface area contributed by atoms with Crippen LogP contribution in [0.4, 0.5) is 5.69 Å². The van der Waals surface area contributed by atoms with Gasteiger partial charge in [0.05, 0.1) is 13.2 Å². The lowest BCUT2D eigenvalue weighted by molar-refractivity contribution is 0.105. The normalized spacial score (nSPS) is 21.8. The molecule has 2 aromatic rings. The molecule has 0 radical (unpaired) electrons. The Morgan fingerprint density at radius 2 is 2.23 bits per heavy atom. The highest BCUT2D eigenvalue weighted by Gasteiger charge is 2.20. The number of para-hydroxylation sites is 1. The summed E-state index contributed by atoms with van der Waals surface area (Å²) in [5, 5.41) is 14.5. The zero-order valence-electron chi connectivity index (χ0n) is 13.3. The minimum atomic E-state index is -0.128. The Morgan fingerprint density at radius 1 is 1.36 bits per heavy atom. The third-order valence-electron chi connectivity index (χ3n) is 4.49. The number of aryl methyl sites for hydroxylation is 1. The Hall–Kier alpha value is -1.81. The van der Waals surface area contributed by atoms with Crippen LogP contribution in [0.2, 0.25) is 0 Å². The van der Waals surface area contributed by atoms with Gasteiger partial charge < -0.3 is 15.2 Å². The number of fused-ring (bicyclic) bond motifs is 1. The number of pyridine rings is 1. The fourth-order valence-corrected chi connectivity index (χ4v) is 3.36. The van der Waals surface area contributed by atoms with Crippen molar-refractivity contribution < 1.29 is 9.84 Å². The van der Waals surface area contributed by atoms with E-state index in [1.54, 1.807) is 7.11 Å². The summed E-state index contributed by atoms with van der Waals surface area (Å²) in [7, 11) is 1.68. The van der Waals surface area contributed by atoms with Crippen LogP contribution in [-0.4, -0.2) is 29.8 Å². The molecular weight excluding hydrogens is 276 g/mol. The number of nitrogens with zero attached hydrogens (tertiary/aromatic N) is 1. The predicted octanol–water partition coefficient (Wildman–Crippen LogP) is 3.51. The number of nitrogens with one attached hydrogen (secondary N) is 1. The summed E-state index contributed by atoms with van der Waals surface area (Å²) in [5.41, 5.74) is 2.97. The van der Waals surface area contributed by atoms with Gasteiger partial charge in [0, 0.05) is 23.3 Å². The molecule has 3 rings (SSSR count). The predicted molar refractivity (Wildman–Crippen MR) is 89.5 cm³/mol. The van der Waals surface area contributed by atoms with E-state index >= 15 is 0 Å². The maximum Gasteiger partial charge on any atom is 0.145 e. The number of aliphatic hydroxyl groups excluding tert-OH is 1. The van der Waals surface area contributed by atoms with Gasteiger partial charge in [-0.25, -0.2) is 4.98 Å². The number of rotatable bonds is 4. The first kappa shape index (κ1) is 15.1. The Balaban J connectivity index is 1.84. The fourth-order valence-electron chi connectivity index (χ4n) is 3.36. The highest BCUT2D eigenvalue weighted by Crippen LogP contribution is 2.31.